The lowest BCUT2D eigenvalue weighted by atomic mass is 9.97. The van der Waals surface area contributed by atoms with E-state index in [1.165, 1.54) is 18.5 Å². The molecule has 1 aromatic heterocycles. The smallest absolute Gasteiger partial charge is 0.343 e. The van der Waals surface area contributed by atoms with Gasteiger partial charge in [-0.25, -0.2) is 13.2 Å². The van der Waals surface area contributed by atoms with Crippen LogP contribution < -0.4 is 0 Å². The number of amides is 1. The highest BCUT2D eigenvalue weighted by Crippen LogP contribution is 2.35. The van der Waals surface area contributed by atoms with E-state index in [1.807, 2.05) is 13.8 Å². The minimum absolute atomic E-state index is 0. The molecule has 1 amide bonds. The predicted molar refractivity (Wildman–Crippen MR) is 106 cm³/mol. The zero-order valence-corrected chi connectivity index (χ0v) is 17.8. The lowest BCUT2D eigenvalue weighted by molar-refractivity contribution is 0.0358. The Morgan fingerprint density at radius 3 is 2.39 bits per heavy atom. The van der Waals surface area contributed by atoms with Gasteiger partial charge in [-0.15, -0.1) is 12.4 Å². The number of carbonyl (C=O) groups excluding carboxylic acids is 2. The number of esters is 1. The van der Waals surface area contributed by atoms with Gasteiger partial charge in [0.05, 0.1) is 15.6 Å². The summed E-state index contributed by atoms with van der Waals surface area (Å²) in [5, 5.41) is -0.0954. The zero-order chi connectivity index (χ0) is 19.9. The Labute approximate surface area is 178 Å². The second-order valence-electron chi connectivity index (χ2n) is 6.07. The molecule has 0 saturated carbocycles. The van der Waals surface area contributed by atoms with E-state index >= 15 is 0 Å². The van der Waals surface area contributed by atoms with Crippen LogP contribution in [0.25, 0.3) is 0 Å². The van der Waals surface area contributed by atoms with Gasteiger partial charge >= 0.3 is 5.97 Å². The molecule has 0 radical (unpaired) electrons. The first kappa shape index (κ1) is 22.4. The molecule has 0 fully saturated rings. The third kappa shape index (κ3) is 3.69. The molecule has 0 bridgehead atoms. The fourth-order valence-corrected chi connectivity index (χ4v) is 4.72. The molecular weight excluding hydrogens is 451 g/mol. The van der Waals surface area contributed by atoms with Crippen molar-refractivity contribution in [2.24, 2.45) is 0 Å². The van der Waals surface area contributed by atoms with Gasteiger partial charge in [0.1, 0.15) is 10.5 Å². The van der Waals surface area contributed by atoms with E-state index < -0.39 is 28.6 Å². The summed E-state index contributed by atoms with van der Waals surface area (Å²) in [6, 6.07) is 4.63. The lowest BCUT2D eigenvalue weighted by Gasteiger charge is -2.15. The number of fused-ring (bicyclic) bond motifs is 1. The summed E-state index contributed by atoms with van der Waals surface area (Å²) in [7, 11) is -4.12. The summed E-state index contributed by atoms with van der Waals surface area (Å²) in [5.74, 6) is -1.76. The van der Waals surface area contributed by atoms with E-state index in [1.54, 1.807) is 12.1 Å². The fraction of sp³-hybridized carbons (Fsp3) is 0.235. The summed E-state index contributed by atoms with van der Waals surface area (Å²) in [5.41, 5.74) is 0.552. The van der Waals surface area contributed by atoms with Gasteiger partial charge in [0, 0.05) is 12.4 Å². The highest BCUT2D eigenvalue weighted by atomic mass is 35.5. The summed E-state index contributed by atoms with van der Waals surface area (Å²) in [6.45, 7) is 2.92. The van der Waals surface area contributed by atoms with Crippen molar-refractivity contribution >= 4 is 57.5 Å². The van der Waals surface area contributed by atoms with Gasteiger partial charge in [-0.05, 0) is 17.5 Å². The van der Waals surface area contributed by atoms with Crippen molar-refractivity contribution < 1.29 is 22.7 Å². The number of carbonyl (C=O) groups is 2. The Kier molecular flexibility index (Phi) is 6.60. The molecule has 7 nitrogen and oxygen atoms in total. The summed E-state index contributed by atoms with van der Waals surface area (Å²) < 4.78 is 30.9. The Balaban J connectivity index is 0.00000280. The number of benzene rings is 1. The van der Waals surface area contributed by atoms with Crippen LogP contribution in [0.1, 0.15) is 46.0 Å². The molecule has 1 aliphatic rings. The maximum absolute atomic E-state index is 12.7. The maximum Gasteiger partial charge on any atom is 0.343 e. The molecule has 150 valence electrons. The minimum atomic E-state index is -4.12. The normalized spacial score (nSPS) is 14.6. The Morgan fingerprint density at radius 2 is 1.82 bits per heavy atom. The molecule has 1 aliphatic heterocycles. The molecule has 0 unspecified atom stereocenters. The predicted octanol–water partition coefficient (Wildman–Crippen LogP) is 3.89. The number of ether oxygens (including phenoxy) is 1. The third-order valence-electron chi connectivity index (χ3n) is 4.06. The van der Waals surface area contributed by atoms with Crippen LogP contribution in [0.15, 0.2) is 35.5 Å². The highest BCUT2D eigenvalue weighted by Gasteiger charge is 2.43. The van der Waals surface area contributed by atoms with Gasteiger partial charge < -0.3 is 4.74 Å². The first-order valence-electron chi connectivity index (χ1n) is 7.82. The summed E-state index contributed by atoms with van der Waals surface area (Å²) in [4.78, 5) is 28.6. The molecule has 11 heteroatoms. The van der Waals surface area contributed by atoms with Crippen LogP contribution in [-0.2, 0) is 14.8 Å². The van der Waals surface area contributed by atoms with Crippen LogP contribution in [0.5, 0.6) is 0 Å². The SMILES string of the molecule is CC(C)c1cccc2c1C(=O)N(COC(=O)c1c(Cl)cncc1Cl)S2(=O)=O.Cl. The molecule has 0 spiro atoms. The standard InChI is InChI=1S/C17H14Cl2N2O5S.ClH/c1-9(2)10-4-3-5-13-14(10)16(22)21(27(13,24)25)8-26-17(23)15-11(18)6-20-7-12(15)19;/h3-7,9H,8H2,1-2H3;1H. The monoisotopic (exact) mass is 464 g/mol. The summed E-state index contributed by atoms with van der Waals surface area (Å²) in [6.07, 6.45) is 2.40. The van der Waals surface area contributed by atoms with Crippen LogP contribution in [0, 0.1) is 0 Å². The van der Waals surface area contributed by atoms with Crippen molar-refractivity contribution in [1.82, 2.24) is 9.29 Å². The zero-order valence-electron chi connectivity index (χ0n) is 14.7. The Hall–Kier alpha value is -1.87. The van der Waals surface area contributed by atoms with Crippen molar-refractivity contribution in [2.45, 2.75) is 24.7 Å². The molecule has 0 aliphatic carbocycles. The van der Waals surface area contributed by atoms with E-state index in [-0.39, 0.29) is 44.4 Å². The molecule has 2 aromatic rings. The molecule has 0 atom stereocenters. The van der Waals surface area contributed by atoms with Gasteiger partial charge in [-0.1, -0.05) is 49.2 Å². The largest absolute Gasteiger partial charge is 0.439 e. The molecule has 0 N–H and O–H groups in total. The van der Waals surface area contributed by atoms with Gasteiger partial charge in [-0.2, -0.15) is 4.31 Å². The molecule has 28 heavy (non-hydrogen) atoms. The topological polar surface area (TPSA) is 93.6 Å². The van der Waals surface area contributed by atoms with Crippen LogP contribution in [0.3, 0.4) is 0 Å². The number of pyridine rings is 1. The van der Waals surface area contributed by atoms with Gasteiger partial charge in [-0.3, -0.25) is 9.78 Å². The first-order valence-corrected chi connectivity index (χ1v) is 10.0. The Morgan fingerprint density at radius 1 is 1.21 bits per heavy atom. The first-order chi connectivity index (χ1) is 12.7. The van der Waals surface area contributed by atoms with Crippen LogP contribution in [0.4, 0.5) is 0 Å². The summed E-state index contributed by atoms with van der Waals surface area (Å²) >= 11 is 11.8. The van der Waals surface area contributed by atoms with Crippen molar-refractivity contribution in [3.63, 3.8) is 0 Å². The highest BCUT2D eigenvalue weighted by molar-refractivity contribution is 7.90. The van der Waals surface area contributed by atoms with E-state index in [0.29, 0.717) is 9.87 Å². The third-order valence-corrected chi connectivity index (χ3v) is 6.38. The quantitative estimate of drug-likeness (QED) is 0.636. The van der Waals surface area contributed by atoms with Crippen molar-refractivity contribution in [3.05, 3.63) is 57.3 Å². The number of rotatable bonds is 4. The molecule has 3 rings (SSSR count). The van der Waals surface area contributed by atoms with Crippen molar-refractivity contribution in [1.29, 1.82) is 0 Å². The number of halogens is 3. The molecular formula is C17H15Cl3N2O5S. The second kappa shape index (κ2) is 8.24. The van der Waals surface area contributed by atoms with Crippen molar-refractivity contribution in [3.8, 4) is 0 Å². The number of hydrogen-bond acceptors (Lipinski definition) is 6. The second-order valence-corrected chi connectivity index (χ2v) is 8.72. The average molecular weight is 466 g/mol. The number of sulfonamides is 1. The molecule has 2 heterocycles. The molecule has 0 saturated heterocycles. The fourth-order valence-electron chi connectivity index (χ4n) is 2.75. The lowest BCUT2D eigenvalue weighted by Crippen LogP contribution is -2.33. The van der Waals surface area contributed by atoms with Gasteiger partial charge in [0.25, 0.3) is 15.9 Å². The maximum atomic E-state index is 12.7. The Bertz CT molecular complexity index is 1040. The number of aromatic nitrogens is 1. The van der Waals surface area contributed by atoms with Crippen molar-refractivity contribution in [2.75, 3.05) is 6.73 Å². The van der Waals surface area contributed by atoms with Crippen LogP contribution in [-0.4, -0.2) is 36.3 Å². The minimum Gasteiger partial charge on any atom is -0.439 e. The average Bonchev–Trinajstić information content (AvgIpc) is 2.79. The van der Waals surface area contributed by atoms with Crippen LogP contribution in [0.2, 0.25) is 10.0 Å². The van der Waals surface area contributed by atoms with Gasteiger partial charge in [0.15, 0.2) is 6.73 Å². The van der Waals surface area contributed by atoms with Crippen LogP contribution >= 0.6 is 35.6 Å². The van der Waals surface area contributed by atoms with E-state index in [0.717, 1.165) is 0 Å². The van der Waals surface area contributed by atoms with E-state index in [2.05, 4.69) is 4.98 Å². The van der Waals surface area contributed by atoms with E-state index in [4.69, 9.17) is 27.9 Å². The molecule has 1 aromatic carbocycles. The number of hydrogen-bond donors (Lipinski definition) is 0. The van der Waals surface area contributed by atoms with Gasteiger partial charge in [0.2, 0.25) is 0 Å². The van der Waals surface area contributed by atoms with E-state index in [9.17, 15) is 18.0 Å². The number of nitrogens with zero attached hydrogens (tertiary/aromatic N) is 2.